The fourth-order valence-corrected chi connectivity index (χ4v) is 12.7. The van der Waals surface area contributed by atoms with E-state index in [9.17, 15) is 0 Å². The lowest BCUT2D eigenvalue weighted by molar-refractivity contribution is 0.289. The monoisotopic (exact) mass is 753 g/mol. The molecule has 10 aromatic rings. The summed E-state index contributed by atoms with van der Waals surface area (Å²) < 4.78 is 5.16. The summed E-state index contributed by atoms with van der Waals surface area (Å²) in [5.74, 6) is 0.466. The molecule has 5 heteroatoms. The van der Waals surface area contributed by atoms with Gasteiger partial charge in [0, 0.05) is 10.9 Å². The quantitative estimate of drug-likeness (QED) is 0.0738. The Morgan fingerprint density at radius 2 is 0.825 bits per heavy atom. The molecule has 0 saturated carbocycles. The molecular formula is C52H39BO3P+. The van der Waals surface area contributed by atoms with Crippen molar-refractivity contribution in [3.63, 3.8) is 0 Å². The predicted molar refractivity (Wildman–Crippen MR) is 244 cm³/mol. The van der Waals surface area contributed by atoms with Crippen LogP contribution in [0.4, 0.5) is 0 Å². The Balaban J connectivity index is 0.000000165. The lowest BCUT2D eigenvalue weighted by Gasteiger charge is -2.29. The van der Waals surface area contributed by atoms with E-state index in [1.165, 1.54) is 48.5 Å². The van der Waals surface area contributed by atoms with Gasteiger partial charge in [0.2, 0.25) is 0 Å². The van der Waals surface area contributed by atoms with Crippen molar-refractivity contribution in [1.29, 1.82) is 0 Å². The molecule has 0 aromatic heterocycles. The van der Waals surface area contributed by atoms with E-state index in [4.69, 9.17) is 14.7 Å². The molecule has 0 spiro atoms. The Morgan fingerprint density at radius 3 is 1.47 bits per heavy atom. The third-order valence-corrected chi connectivity index (χ3v) is 15.0. The maximum Gasteiger partial charge on any atom is 0.707 e. The Hall–Kier alpha value is -6.55. The smallest absolute Gasteiger partial charge is 0.511 e. The molecule has 0 bridgehead atoms. The average Bonchev–Trinajstić information content (AvgIpc) is 3.27. The number of fused-ring (bicyclic) bond motifs is 5. The maximum atomic E-state index is 9.14. The van der Waals surface area contributed by atoms with Gasteiger partial charge in [0.1, 0.15) is 34.2 Å². The lowest BCUT2D eigenvalue weighted by Crippen LogP contribution is -2.39. The van der Waals surface area contributed by atoms with Crippen LogP contribution in [0.2, 0.25) is 0 Å². The zero-order valence-electron chi connectivity index (χ0n) is 31.2. The molecule has 10 rings (SSSR count). The minimum absolute atomic E-state index is 0.466. The molecule has 0 aliphatic heterocycles. The third kappa shape index (κ3) is 6.86. The second-order valence-electron chi connectivity index (χ2n) is 14.0. The van der Waals surface area contributed by atoms with E-state index >= 15 is 0 Å². The van der Waals surface area contributed by atoms with Gasteiger partial charge in [-0.15, -0.1) is 0 Å². The van der Waals surface area contributed by atoms with Gasteiger partial charge in [-0.2, -0.15) is 0 Å². The lowest BCUT2D eigenvalue weighted by atomic mass is 9.97. The fraction of sp³-hybridized carbons (Fsp3) is 0. The Kier molecular flexibility index (Phi) is 10.1. The van der Waals surface area contributed by atoms with Crippen LogP contribution in [0.25, 0.3) is 54.2 Å². The third-order valence-electron chi connectivity index (χ3n) is 10.7. The average molecular weight is 754 g/mol. The van der Waals surface area contributed by atoms with Crippen molar-refractivity contribution < 1.29 is 14.7 Å². The van der Waals surface area contributed by atoms with Crippen LogP contribution >= 0.6 is 7.26 Å². The van der Waals surface area contributed by atoms with E-state index in [1.807, 2.05) is 30.3 Å². The first-order chi connectivity index (χ1) is 28.1. The summed E-state index contributed by atoms with van der Waals surface area (Å²) in [5, 5.41) is 32.7. The van der Waals surface area contributed by atoms with Gasteiger partial charge < -0.3 is 14.7 Å². The van der Waals surface area contributed by atoms with Crippen molar-refractivity contribution in [2.45, 2.75) is 0 Å². The largest absolute Gasteiger partial charge is 0.707 e. The summed E-state index contributed by atoms with van der Waals surface area (Å²) in [5.41, 5.74) is 2.58. The van der Waals surface area contributed by atoms with E-state index in [-0.39, 0.29) is 0 Å². The van der Waals surface area contributed by atoms with Gasteiger partial charge >= 0.3 is 7.32 Å². The van der Waals surface area contributed by atoms with Gasteiger partial charge in [0.15, 0.2) is 0 Å². The summed E-state index contributed by atoms with van der Waals surface area (Å²) in [6.07, 6.45) is 0. The molecule has 3 nitrogen and oxygen atoms in total. The van der Waals surface area contributed by atoms with E-state index in [0.717, 1.165) is 26.9 Å². The highest BCUT2D eigenvalue weighted by molar-refractivity contribution is 8.01. The standard InChI is InChI=1S/C34H26P.C18H13BO3/c1-4-17-28(18-5-1)35(29-19-6-2-7-20-29,30-21-8-3-9-22-30)34-26-13-12-24-33(34)32-25-14-16-27-15-10-11-23-31(27)32;20-19(21)22-17-7-3-6-12-8-9-15-10-13-4-1-2-5-14(13)11-16(15)18(12)17/h1-26H;1-11,20-21H/q+1;. The van der Waals surface area contributed by atoms with Crippen LogP contribution < -0.4 is 25.9 Å². The molecule has 0 heterocycles. The number of rotatable bonds is 7. The zero-order valence-corrected chi connectivity index (χ0v) is 32.1. The summed E-state index contributed by atoms with van der Waals surface area (Å²) in [6.45, 7) is 0. The molecule has 0 radical (unpaired) electrons. The van der Waals surface area contributed by atoms with E-state index in [1.54, 1.807) is 6.07 Å². The zero-order chi connectivity index (χ0) is 38.6. The molecule has 0 aliphatic rings. The molecule has 10 aromatic carbocycles. The Labute approximate surface area is 333 Å². The molecule has 0 atom stereocenters. The summed E-state index contributed by atoms with van der Waals surface area (Å²) >= 11 is 0. The first-order valence-electron chi connectivity index (χ1n) is 19.1. The molecule has 0 unspecified atom stereocenters. The van der Waals surface area contributed by atoms with Crippen molar-refractivity contribution in [2.75, 3.05) is 0 Å². The highest BCUT2D eigenvalue weighted by Gasteiger charge is 2.49. The molecular weight excluding hydrogens is 714 g/mol. The molecule has 0 saturated heterocycles. The van der Waals surface area contributed by atoms with Crippen LogP contribution in [0.3, 0.4) is 0 Å². The van der Waals surface area contributed by atoms with Crippen LogP contribution in [0.1, 0.15) is 0 Å². The normalized spacial score (nSPS) is 11.3. The van der Waals surface area contributed by atoms with Gasteiger partial charge in [-0.3, -0.25) is 0 Å². The van der Waals surface area contributed by atoms with Crippen molar-refractivity contribution >= 4 is 78.9 Å². The van der Waals surface area contributed by atoms with E-state index in [0.29, 0.717) is 5.75 Å². The fourth-order valence-electron chi connectivity index (χ4n) is 8.25. The van der Waals surface area contributed by atoms with Gasteiger partial charge in [-0.05, 0) is 104 Å². The Bertz CT molecular complexity index is 2870. The summed E-state index contributed by atoms with van der Waals surface area (Å²) in [4.78, 5) is 0. The van der Waals surface area contributed by atoms with Crippen LogP contribution in [0.5, 0.6) is 5.75 Å². The van der Waals surface area contributed by atoms with E-state index in [2.05, 4.69) is 188 Å². The maximum absolute atomic E-state index is 9.14. The summed E-state index contributed by atoms with van der Waals surface area (Å²) in [7, 11) is -4.02. The first-order valence-corrected chi connectivity index (χ1v) is 20.9. The van der Waals surface area contributed by atoms with Crippen LogP contribution in [-0.4, -0.2) is 17.4 Å². The molecule has 272 valence electrons. The number of benzene rings is 10. The molecule has 0 fully saturated rings. The predicted octanol–water partition coefficient (Wildman–Crippen LogP) is 10.6. The second-order valence-corrected chi connectivity index (χ2v) is 17.4. The van der Waals surface area contributed by atoms with Gasteiger partial charge in [0.25, 0.3) is 0 Å². The van der Waals surface area contributed by atoms with Crippen molar-refractivity contribution in [2.24, 2.45) is 0 Å². The second kappa shape index (κ2) is 15.9. The SMILES string of the molecule is OB(O)Oc1cccc2ccc3cc4ccccc4cc3c12.c1ccc([P+](c2ccccc2)(c2ccccc2)c2ccccc2-c2cccc3ccccc23)cc1. The molecule has 2 N–H and O–H groups in total. The molecule has 0 amide bonds. The number of hydrogen-bond acceptors (Lipinski definition) is 3. The van der Waals surface area contributed by atoms with E-state index < -0.39 is 14.6 Å². The highest BCUT2D eigenvalue weighted by atomic mass is 31.2. The van der Waals surface area contributed by atoms with Crippen molar-refractivity contribution in [1.82, 2.24) is 0 Å². The van der Waals surface area contributed by atoms with Crippen LogP contribution in [0.15, 0.2) is 224 Å². The van der Waals surface area contributed by atoms with Crippen molar-refractivity contribution in [3.05, 3.63) is 224 Å². The summed E-state index contributed by atoms with van der Waals surface area (Å²) in [6, 6.07) is 79.8. The molecule has 0 aliphatic carbocycles. The van der Waals surface area contributed by atoms with Gasteiger partial charge in [-0.1, -0.05) is 164 Å². The minimum atomic E-state index is -2.19. The molecule has 57 heavy (non-hydrogen) atoms. The van der Waals surface area contributed by atoms with Crippen molar-refractivity contribution in [3.8, 4) is 16.9 Å². The van der Waals surface area contributed by atoms with Gasteiger partial charge in [0.05, 0.1) is 0 Å². The topological polar surface area (TPSA) is 49.7 Å². The Morgan fingerprint density at radius 1 is 0.351 bits per heavy atom. The minimum Gasteiger partial charge on any atom is -0.511 e. The number of hydrogen-bond donors (Lipinski definition) is 2. The van der Waals surface area contributed by atoms with Crippen LogP contribution in [-0.2, 0) is 0 Å². The van der Waals surface area contributed by atoms with Crippen LogP contribution in [0, 0.1) is 0 Å². The first kappa shape index (κ1) is 36.1. The highest BCUT2D eigenvalue weighted by Crippen LogP contribution is 2.56. The van der Waals surface area contributed by atoms with Gasteiger partial charge in [-0.25, -0.2) is 0 Å².